The van der Waals surface area contributed by atoms with Crippen molar-refractivity contribution in [3.05, 3.63) is 54.1 Å². The minimum atomic E-state index is -1.23. The van der Waals surface area contributed by atoms with Gasteiger partial charge in [0, 0.05) is 13.1 Å². The lowest BCUT2D eigenvalue weighted by atomic mass is 9.84. The Kier molecular flexibility index (Phi) is 3.96. The number of aromatic amines is 1. The van der Waals surface area contributed by atoms with Gasteiger partial charge in [0.25, 0.3) is 5.91 Å². The number of rotatable bonds is 3. The molecule has 3 rings (SSSR count). The molecular weight excluding hydrogens is 282 g/mol. The molecule has 116 valence electrons. The molecule has 6 heteroatoms. The van der Waals surface area contributed by atoms with Crippen molar-refractivity contribution in [1.29, 1.82) is 0 Å². The first-order chi connectivity index (χ1) is 10.6. The number of aromatic nitrogens is 2. The fourth-order valence-electron chi connectivity index (χ4n) is 2.86. The zero-order chi connectivity index (χ0) is 15.6. The molecule has 1 atom stereocenters. The smallest absolute Gasteiger partial charge is 0.257 e. The maximum Gasteiger partial charge on any atom is 0.257 e. The van der Waals surface area contributed by atoms with Crippen molar-refractivity contribution in [1.82, 2.24) is 14.9 Å². The summed E-state index contributed by atoms with van der Waals surface area (Å²) in [6, 6.07) is 9.50. The molecule has 1 saturated heterocycles. The number of hydrogen-bond acceptors (Lipinski definition) is 4. The van der Waals surface area contributed by atoms with E-state index in [9.17, 15) is 15.0 Å². The Morgan fingerprint density at radius 3 is 2.55 bits per heavy atom. The molecule has 0 saturated carbocycles. The van der Waals surface area contributed by atoms with Crippen LogP contribution in [0.1, 0.15) is 30.2 Å². The van der Waals surface area contributed by atoms with E-state index in [0.717, 1.165) is 5.56 Å². The van der Waals surface area contributed by atoms with Gasteiger partial charge in [0.05, 0.1) is 23.8 Å². The Bertz CT molecular complexity index is 619. The van der Waals surface area contributed by atoms with E-state index in [1.54, 1.807) is 4.90 Å². The van der Waals surface area contributed by atoms with E-state index >= 15 is 0 Å². The molecule has 1 aliphatic heterocycles. The molecule has 2 aromatic rings. The van der Waals surface area contributed by atoms with Crippen molar-refractivity contribution in [2.24, 2.45) is 0 Å². The van der Waals surface area contributed by atoms with Crippen LogP contribution in [-0.2, 0) is 10.4 Å². The molecule has 1 fully saturated rings. The van der Waals surface area contributed by atoms with E-state index in [1.165, 1.54) is 12.5 Å². The lowest BCUT2D eigenvalue weighted by Crippen LogP contribution is -2.46. The largest absolute Gasteiger partial charge is 0.385 e. The van der Waals surface area contributed by atoms with Gasteiger partial charge < -0.3 is 20.1 Å². The van der Waals surface area contributed by atoms with Crippen LogP contribution < -0.4 is 0 Å². The summed E-state index contributed by atoms with van der Waals surface area (Å²) in [5.74, 6) is -0.362. The first-order valence-corrected chi connectivity index (χ1v) is 7.33. The van der Waals surface area contributed by atoms with Gasteiger partial charge in [-0.3, -0.25) is 4.79 Å². The van der Waals surface area contributed by atoms with Crippen molar-refractivity contribution >= 4 is 5.91 Å². The minimum absolute atomic E-state index is 0.362. The SMILES string of the molecule is O=C(C(O)c1cnc[nH]1)N1CCC(O)(c2ccccc2)CC1. The zero-order valence-corrected chi connectivity index (χ0v) is 12.1. The molecule has 6 nitrogen and oxygen atoms in total. The van der Waals surface area contributed by atoms with Gasteiger partial charge in [-0.1, -0.05) is 30.3 Å². The maximum absolute atomic E-state index is 12.3. The normalized spacial score (nSPS) is 18.9. The molecule has 2 heterocycles. The van der Waals surface area contributed by atoms with Gasteiger partial charge in [-0.15, -0.1) is 0 Å². The number of carbonyl (C=O) groups is 1. The van der Waals surface area contributed by atoms with Crippen LogP contribution in [0, 0.1) is 0 Å². The zero-order valence-electron chi connectivity index (χ0n) is 12.1. The number of H-pyrrole nitrogens is 1. The Morgan fingerprint density at radius 2 is 1.95 bits per heavy atom. The van der Waals surface area contributed by atoms with E-state index in [2.05, 4.69) is 9.97 Å². The average Bonchev–Trinajstić information content (AvgIpc) is 3.09. The number of nitrogens with zero attached hydrogens (tertiary/aromatic N) is 2. The molecule has 1 amide bonds. The predicted octanol–water partition coefficient (Wildman–Crippen LogP) is 0.953. The lowest BCUT2D eigenvalue weighted by molar-refractivity contribution is -0.145. The van der Waals surface area contributed by atoms with Crippen molar-refractivity contribution < 1.29 is 15.0 Å². The van der Waals surface area contributed by atoms with E-state index in [4.69, 9.17) is 0 Å². The number of amides is 1. The first-order valence-electron chi connectivity index (χ1n) is 7.33. The van der Waals surface area contributed by atoms with Crippen LogP contribution in [0.15, 0.2) is 42.9 Å². The van der Waals surface area contributed by atoms with Crippen molar-refractivity contribution in [2.75, 3.05) is 13.1 Å². The van der Waals surface area contributed by atoms with Crippen LogP contribution in [-0.4, -0.2) is 44.1 Å². The highest BCUT2D eigenvalue weighted by atomic mass is 16.3. The van der Waals surface area contributed by atoms with Crippen LogP contribution in [0.4, 0.5) is 0 Å². The minimum Gasteiger partial charge on any atom is -0.385 e. The van der Waals surface area contributed by atoms with E-state index < -0.39 is 11.7 Å². The number of piperidine rings is 1. The van der Waals surface area contributed by atoms with Crippen LogP contribution in [0.3, 0.4) is 0 Å². The van der Waals surface area contributed by atoms with Gasteiger partial charge in [0.15, 0.2) is 6.10 Å². The Morgan fingerprint density at radius 1 is 1.27 bits per heavy atom. The summed E-state index contributed by atoms with van der Waals surface area (Å²) in [7, 11) is 0. The van der Waals surface area contributed by atoms with E-state index in [1.807, 2.05) is 30.3 Å². The quantitative estimate of drug-likeness (QED) is 0.787. The summed E-state index contributed by atoms with van der Waals surface area (Å²) in [4.78, 5) is 20.4. The number of likely N-dealkylation sites (tertiary alicyclic amines) is 1. The summed E-state index contributed by atoms with van der Waals surface area (Å²) in [5, 5.41) is 20.8. The molecule has 1 unspecified atom stereocenters. The van der Waals surface area contributed by atoms with Crippen LogP contribution >= 0.6 is 0 Å². The Hall–Kier alpha value is -2.18. The van der Waals surface area contributed by atoms with Gasteiger partial charge in [-0.05, 0) is 18.4 Å². The summed E-state index contributed by atoms with van der Waals surface area (Å²) < 4.78 is 0. The van der Waals surface area contributed by atoms with Crippen LogP contribution in [0.2, 0.25) is 0 Å². The van der Waals surface area contributed by atoms with Crippen molar-refractivity contribution in [3.8, 4) is 0 Å². The second kappa shape index (κ2) is 5.90. The second-order valence-corrected chi connectivity index (χ2v) is 5.63. The number of benzene rings is 1. The highest BCUT2D eigenvalue weighted by Gasteiger charge is 2.37. The number of aliphatic hydroxyl groups excluding tert-OH is 1. The Labute approximate surface area is 128 Å². The third kappa shape index (κ3) is 2.75. The lowest BCUT2D eigenvalue weighted by Gasteiger charge is -2.39. The van der Waals surface area contributed by atoms with Gasteiger partial charge in [0.2, 0.25) is 0 Å². The number of carbonyl (C=O) groups excluding carboxylic acids is 1. The monoisotopic (exact) mass is 301 g/mol. The molecule has 22 heavy (non-hydrogen) atoms. The van der Waals surface area contributed by atoms with Gasteiger partial charge >= 0.3 is 0 Å². The molecule has 3 N–H and O–H groups in total. The molecule has 1 aromatic carbocycles. The molecule has 0 bridgehead atoms. The number of imidazole rings is 1. The molecule has 0 spiro atoms. The average molecular weight is 301 g/mol. The Balaban J connectivity index is 1.65. The molecule has 0 radical (unpaired) electrons. The fraction of sp³-hybridized carbons (Fsp3) is 0.375. The highest BCUT2D eigenvalue weighted by Crippen LogP contribution is 2.33. The van der Waals surface area contributed by atoms with Crippen LogP contribution in [0.25, 0.3) is 0 Å². The molecule has 0 aliphatic carbocycles. The van der Waals surface area contributed by atoms with Gasteiger partial charge in [-0.25, -0.2) is 4.98 Å². The fourth-order valence-corrected chi connectivity index (χ4v) is 2.86. The molecular formula is C16H19N3O3. The van der Waals surface area contributed by atoms with Crippen molar-refractivity contribution in [3.63, 3.8) is 0 Å². The number of hydrogen-bond donors (Lipinski definition) is 3. The van der Waals surface area contributed by atoms with E-state index in [0.29, 0.717) is 31.6 Å². The van der Waals surface area contributed by atoms with Gasteiger partial charge in [0.1, 0.15) is 0 Å². The third-order valence-electron chi connectivity index (χ3n) is 4.26. The van der Waals surface area contributed by atoms with Crippen molar-refractivity contribution in [2.45, 2.75) is 24.5 Å². The summed E-state index contributed by atoms with van der Waals surface area (Å²) >= 11 is 0. The standard InChI is InChI=1S/C16H19N3O3/c20-14(13-10-17-11-18-13)15(21)19-8-6-16(22,7-9-19)12-4-2-1-3-5-12/h1-5,10-11,14,20,22H,6-9H2,(H,17,18). The summed E-state index contributed by atoms with van der Waals surface area (Å²) in [6.45, 7) is 0.824. The highest BCUT2D eigenvalue weighted by molar-refractivity contribution is 5.81. The van der Waals surface area contributed by atoms with E-state index in [-0.39, 0.29) is 5.91 Å². The summed E-state index contributed by atoms with van der Waals surface area (Å²) in [5.41, 5.74) is 0.349. The maximum atomic E-state index is 12.3. The third-order valence-corrected chi connectivity index (χ3v) is 4.26. The number of aliphatic hydroxyl groups is 2. The molecule has 1 aliphatic rings. The topological polar surface area (TPSA) is 89.4 Å². The first kappa shape index (κ1) is 14.7. The summed E-state index contributed by atoms with van der Waals surface area (Å²) in [6.07, 6.45) is 2.55. The van der Waals surface area contributed by atoms with Crippen LogP contribution in [0.5, 0.6) is 0 Å². The van der Waals surface area contributed by atoms with Gasteiger partial charge in [-0.2, -0.15) is 0 Å². The number of nitrogens with one attached hydrogen (secondary N) is 1. The molecule has 1 aromatic heterocycles. The second-order valence-electron chi connectivity index (χ2n) is 5.63. The predicted molar refractivity (Wildman–Crippen MR) is 79.7 cm³/mol.